The highest BCUT2D eigenvalue weighted by Gasteiger charge is 2.41. The zero-order chi connectivity index (χ0) is 14.2. The molecule has 0 aromatic rings. The predicted molar refractivity (Wildman–Crippen MR) is 68.7 cm³/mol. The Labute approximate surface area is 113 Å². The molecule has 2 heterocycles. The third-order valence-corrected chi connectivity index (χ3v) is 4.20. The highest BCUT2D eigenvalue weighted by Crippen LogP contribution is 2.31. The van der Waals surface area contributed by atoms with Crippen LogP contribution in [0, 0.1) is 5.41 Å². The first-order valence-electron chi connectivity index (χ1n) is 6.76. The maximum absolute atomic E-state index is 12.3. The molecule has 0 saturated carbocycles. The Bertz CT molecular complexity index is 373. The Morgan fingerprint density at radius 1 is 1.21 bits per heavy atom. The van der Waals surface area contributed by atoms with Crippen molar-refractivity contribution in [2.75, 3.05) is 19.6 Å². The standard InChI is InChI=1S/C13H22N2O4/c1-13(2)3-5-14(6-4-13)12(19)15-8-9(16)7-10(15)11(17)18/h9-10,16H,3-8H2,1-2H3,(H,17,18)/t9-,10-/m0/s1. The lowest BCUT2D eigenvalue weighted by Gasteiger charge is -2.39. The van der Waals surface area contributed by atoms with Crippen LogP contribution in [-0.2, 0) is 4.79 Å². The van der Waals surface area contributed by atoms with E-state index in [0.717, 1.165) is 12.8 Å². The Morgan fingerprint density at radius 3 is 2.32 bits per heavy atom. The van der Waals surface area contributed by atoms with Gasteiger partial charge in [0.2, 0.25) is 0 Å². The highest BCUT2D eigenvalue weighted by molar-refractivity contribution is 5.83. The van der Waals surface area contributed by atoms with Crippen LogP contribution in [0.1, 0.15) is 33.1 Å². The summed E-state index contributed by atoms with van der Waals surface area (Å²) in [6, 6.07) is -1.14. The van der Waals surface area contributed by atoms with E-state index in [1.165, 1.54) is 4.90 Å². The molecule has 19 heavy (non-hydrogen) atoms. The highest BCUT2D eigenvalue weighted by atomic mass is 16.4. The van der Waals surface area contributed by atoms with Crippen LogP contribution in [0.2, 0.25) is 0 Å². The van der Waals surface area contributed by atoms with Crippen LogP contribution in [0.25, 0.3) is 0 Å². The number of amides is 2. The molecule has 2 fully saturated rings. The topological polar surface area (TPSA) is 81.1 Å². The van der Waals surface area contributed by atoms with E-state index in [1.54, 1.807) is 4.90 Å². The van der Waals surface area contributed by atoms with E-state index in [0.29, 0.717) is 13.1 Å². The summed E-state index contributed by atoms with van der Waals surface area (Å²) in [5, 5.41) is 18.7. The van der Waals surface area contributed by atoms with Crippen LogP contribution in [0.3, 0.4) is 0 Å². The van der Waals surface area contributed by atoms with E-state index in [9.17, 15) is 14.7 Å². The zero-order valence-electron chi connectivity index (χ0n) is 11.5. The predicted octanol–water partition coefficient (Wildman–Crippen LogP) is 0.748. The smallest absolute Gasteiger partial charge is 0.326 e. The number of aliphatic hydroxyl groups excluding tert-OH is 1. The molecule has 2 rings (SSSR count). The number of hydrogen-bond acceptors (Lipinski definition) is 3. The molecule has 0 aliphatic carbocycles. The van der Waals surface area contributed by atoms with Crippen LogP contribution >= 0.6 is 0 Å². The molecular weight excluding hydrogens is 248 g/mol. The molecule has 0 unspecified atom stereocenters. The lowest BCUT2D eigenvalue weighted by atomic mass is 9.83. The number of aliphatic hydroxyl groups is 1. The summed E-state index contributed by atoms with van der Waals surface area (Å²) in [5.74, 6) is -1.04. The van der Waals surface area contributed by atoms with Gasteiger partial charge in [-0.05, 0) is 18.3 Å². The van der Waals surface area contributed by atoms with Crippen molar-refractivity contribution >= 4 is 12.0 Å². The number of rotatable bonds is 1. The Hall–Kier alpha value is -1.30. The number of likely N-dealkylation sites (tertiary alicyclic amines) is 2. The van der Waals surface area contributed by atoms with Crippen molar-refractivity contribution < 1.29 is 19.8 Å². The normalized spacial score (nSPS) is 30.5. The van der Waals surface area contributed by atoms with Crippen molar-refractivity contribution in [3.05, 3.63) is 0 Å². The van der Waals surface area contributed by atoms with Gasteiger partial charge in [-0.2, -0.15) is 0 Å². The average Bonchev–Trinajstić information content (AvgIpc) is 2.70. The molecule has 2 atom stereocenters. The van der Waals surface area contributed by atoms with E-state index in [1.807, 2.05) is 0 Å². The van der Waals surface area contributed by atoms with Gasteiger partial charge in [0.15, 0.2) is 0 Å². The number of urea groups is 1. The lowest BCUT2D eigenvalue weighted by molar-refractivity contribution is -0.141. The third-order valence-electron chi connectivity index (χ3n) is 4.20. The summed E-state index contributed by atoms with van der Waals surface area (Å²) in [7, 11) is 0. The van der Waals surface area contributed by atoms with Crippen molar-refractivity contribution in [2.45, 2.75) is 45.3 Å². The van der Waals surface area contributed by atoms with Crippen LogP contribution in [0.4, 0.5) is 4.79 Å². The molecule has 2 amide bonds. The minimum Gasteiger partial charge on any atom is -0.480 e. The first-order chi connectivity index (χ1) is 8.80. The van der Waals surface area contributed by atoms with Gasteiger partial charge in [-0.25, -0.2) is 9.59 Å². The summed E-state index contributed by atoms with van der Waals surface area (Å²) in [5.41, 5.74) is 0.244. The zero-order valence-corrected chi connectivity index (χ0v) is 11.5. The fraction of sp³-hybridized carbons (Fsp3) is 0.846. The van der Waals surface area contributed by atoms with Gasteiger partial charge in [-0.15, -0.1) is 0 Å². The number of hydrogen-bond donors (Lipinski definition) is 2. The molecule has 6 heteroatoms. The van der Waals surface area contributed by atoms with E-state index in [2.05, 4.69) is 13.8 Å². The summed E-state index contributed by atoms with van der Waals surface area (Å²) in [6.07, 6.45) is 1.24. The number of carbonyl (C=O) groups excluding carboxylic acids is 1. The summed E-state index contributed by atoms with van der Waals surface area (Å²) >= 11 is 0. The quantitative estimate of drug-likeness (QED) is 0.736. The maximum atomic E-state index is 12.3. The summed E-state index contributed by atoms with van der Waals surface area (Å²) in [4.78, 5) is 26.5. The maximum Gasteiger partial charge on any atom is 0.326 e. The Balaban J connectivity index is 2.01. The second-order valence-corrected chi connectivity index (χ2v) is 6.33. The lowest BCUT2D eigenvalue weighted by Crippen LogP contribution is -2.51. The second kappa shape index (κ2) is 5.00. The minimum atomic E-state index is -1.04. The molecule has 108 valence electrons. The van der Waals surface area contributed by atoms with Gasteiger partial charge in [0, 0.05) is 26.1 Å². The van der Waals surface area contributed by atoms with Gasteiger partial charge >= 0.3 is 12.0 Å². The molecule has 2 saturated heterocycles. The number of carbonyl (C=O) groups is 2. The van der Waals surface area contributed by atoms with E-state index >= 15 is 0 Å². The van der Waals surface area contributed by atoms with Crippen molar-refractivity contribution in [3.63, 3.8) is 0 Å². The first-order valence-corrected chi connectivity index (χ1v) is 6.76. The molecule has 2 N–H and O–H groups in total. The monoisotopic (exact) mass is 270 g/mol. The fourth-order valence-electron chi connectivity index (χ4n) is 2.74. The number of nitrogens with zero attached hydrogens (tertiary/aromatic N) is 2. The molecule has 2 aliphatic heterocycles. The molecule has 0 radical (unpaired) electrons. The van der Waals surface area contributed by atoms with Gasteiger partial charge < -0.3 is 20.0 Å². The number of aliphatic carboxylic acids is 1. The van der Waals surface area contributed by atoms with E-state index < -0.39 is 18.1 Å². The van der Waals surface area contributed by atoms with Gasteiger partial charge in [0.1, 0.15) is 6.04 Å². The molecule has 0 aromatic carbocycles. The Morgan fingerprint density at radius 2 is 1.79 bits per heavy atom. The van der Waals surface area contributed by atoms with Gasteiger partial charge in [-0.1, -0.05) is 13.8 Å². The number of carboxylic acid groups (broad SMARTS) is 1. The summed E-state index contributed by atoms with van der Waals surface area (Å²) < 4.78 is 0. The van der Waals surface area contributed by atoms with Crippen LogP contribution in [-0.4, -0.2) is 63.8 Å². The number of piperidine rings is 1. The minimum absolute atomic E-state index is 0.121. The SMILES string of the molecule is CC1(C)CCN(C(=O)N2C[C@@H](O)C[C@H]2C(=O)O)CC1. The third kappa shape index (κ3) is 3.00. The van der Waals surface area contributed by atoms with Crippen molar-refractivity contribution in [1.82, 2.24) is 9.80 Å². The van der Waals surface area contributed by atoms with Crippen molar-refractivity contribution in [3.8, 4) is 0 Å². The van der Waals surface area contributed by atoms with Crippen LogP contribution in [0.5, 0.6) is 0 Å². The molecule has 0 bridgehead atoms. The molecule has 6 nitrogen and oxygen atoms in total. The fourth-order valence-corrected chi connectivity index (χ4v) is 2.74. The van der Waals surface area contributed by atoms with E-state index in [-0.39, 0.29) is 24.4 Å². The van der Waals surface area contributed by atoms with Crippen LogP contribution in [0.15, 0.2) is 0 Å². The Kier molecular flexibility index (Phi) is 3.71. The number of β-amino-alcohol motifs (C(OH)–C–C–N with tert-alkyl or cyclic N) is 1. The van der Waals surface area contributed by atoms with Crippen molar-refractivity contribution in [2.24, 2.45) is 5.41 Å². The second-order valence-electron chi connectivity index (χ2n) is 6.33. The molecule has 2 aliphatic rings. The summed E-state index contributed by atoms with van der Waals surface area (Å²) in [6.45, 7) is 5.79. The molecule has 0 aromatic heterocycles. The van der Waals surface area contributed by atoms with E-state index in [4.69, 9.17) is 5.11 Å². The van der Waals surface area contributed by atoms with Crippen molar-refractivity contribution in [1.29, 1.82) is 0 Å². The van der Waals surface area contributed by atoms with Gasteiger partial charge in [-0.3, -0.25) is 0 Å². The van der Waals surface area contributed by atoms with Crippen LogP contribution < -0.4 is 0 Å². The average molecular weight is 270 g/mol. The van der Waals surface area contributed by atoms with Gasteiger partial charge in [0.05, 0.1) is 6.10 Å². The van der Waals surface area contributed by atoms with Gasteiger partial charge in [0.25, 0.3) is 0 Å². The largest absolute Gasteiger partial charge is 0.480 e. The molecular formula is C13H22N2O4. The first kappa shape index (κ1) is 14.1. The number of carboxylic acids is 1. The molecule has 0 spiro atoms.